The molecule has 0 unspecified atom stereocenters. The van der Waals surface area contributed by atoms with Crippen molar-refractivity contribution in [2.24, 2.45) is 5.73 Å². The van der Waals surface area contributed by atoms with Crippen molar-refractivity contribution < 1.29 is 14.3 Å². The van der Waals surface area contributed by atoms with Crippen LogP contribution in [0, 0.1) is 0 Å². The van der Waals surface area contributed by atoms with Gasteiger partial charge in [0.25, 0.3) is 5.91 Å². The van der Waals surface area contributed by atoms with E-state index in [-0.39, 0.29) is 18.6 Å². The second-order valence-corrected chi connectivity index (χ2v) is 9.50. The standard InChI is InChI=1S/C20H25N3O3S2/c21-19(25)18-15-6-1-7-16(15)28-20(18)22-17(24)12-23(10-13-4-2-8-26-13)11-14-5-3-9-27-14/h3,5,9,13H,1-2,4,6-8,10-12H2,(H2,21,25)(H,22,24)/t13-/m1/s1. The van der Waals surface area contributed by atoms with E-state index in [1.54, 1.807) is 11.3 Å². The molecule has 0 saturated carbocycles. The maximum atomic E-state index is 12.8. The van der Waals surface area contributed by atoms with Crippen molar-refractivity contribution in [3.8, 4) is 0 Å². The molecule has 1 aliphatic heterocycles. The Morgan fingerprint density at radius 1 is 1.32 bits per heavy atom. The van der Waals surface area contributed by atoms with Gasteiger partial charge in [0.2, 0.25) is 5.91 Å². The SMILES string of the molecule is NC(=O)c1c(NC(=O)CN(Cc2cccs2)C[C@H]2CCCO2)sc2c1CCC2. The van der Waals surface area contributed by atoms with Crippen molar-refractivity contribution in [3.63, 3.8) is 0 Å². The summed E-state index contributed by atoms with van der Waals surface area (Å²) >= 11 is 3.19. The number of anilines is 1. The molecule has 2 aromatic heterocycles. The average molecular weight is 420 g/mol. The second kappa shape index (κ2) is 8.73. The third-order valence-electron chi connectivity index (χ3n) is 5.23. The lowest BCUT2D eigenvalue weighted by molar-refractivity contribution is -0.117. The molecule has 8 heteroatoms. The van der Waals surface area contributed by atoms with E-state index in [1.807, 2.05) is 11.4 Å². The van der Waals surface area contributed by atoms with E-state index in [1.165, 1.54) is 21.1 Å². The molecular weight excluding hydrogens is 394 g/mol. The molecule has 0 spiro atoms. The van der Waals surface area contributed by atoms with Crippen LogP contribution in [-0.2, 0) is 28.9 Å². The van der Waals surface area contributed by atoms with Crippen molar-refractivity contribution in [3.05, 3.63) is 38.4 Å². The number of hydrogen-bond donors (Lipinski definition) is 2. The average Bonchev–Trinajstić information content (AvgIpc) is 3.39. The smallest absolute Gasteiger partial charge is 0.251 e. The number of carbonyl (C=O) groups is 2. The molecule has 28 heavy (non-hydrogen) atoms. The van der Waals surface area contributed by atoms with Gasteiger partial charge in [0.15, 0.2) is 0 Å². The first-order valence-corrected chi connectivity index (χ1v) is 11.4. The first-order valence-electron chi connectivity index (χ1n) is 9.70. The van der Waals surface area contributed by atoms with Crippen LogP contribution in [0.5, 0.6) is 0 Å². The summed E-state index contributed by atoms with van der Waals surface area (Å²) < 4.78 is 5.77. The molecule has 2 aliphatic rings. The van der Waals surface area contributed by atoms with Gasteiger partial charge in [-0.1, -0.05) is 6.07 Å². The van der Waals surface area contributed by atoms with Crippen molar-refractivity contribution in [1.82, 2.24) is 4.90 Å². The fourth-order valence-electron chi connectivity index (χ4n) is 4.01. The first kappa shape index (κ1) is 19.6. The van der Waals surface area contributed by atoms with Crippen LogP contribution in [0.4, 0.5) is 5.00 Å². The minimum atomic E-state index is -0.454. The van der Waals surface area contributed by atoms with E-state index in [4.69, 9.17) is 10.5 Å². The highest BCUT2D eigenvalue weighted by atomic mass is 32.1. The van der Waals surface area contributed by atoms with Crippen LogP contribution in [-0.4, -0.2) is 42.5 Å². The maximum Gasteiger partial charge on any atom is 0.251 e. The molecule has 1 saturated heterocycles. The summed E-state index contributed by atoms with van der Waals surface area (Å²) in [5.74, 6) is -0.568. The van der Waals surface area contributed by atoms with E-state index in [0.717, 1.165) is 50.8 Å². The van der Waals surface area contributed by atoms with E-state index in [9.17, 15) is 9.59 Å². The Balaban J connectivity index is 1.44. The van der Waals surface area contributed by atoms with E-state index in [2.05, 4.69) is 16.3 Å². The minimum Gasteiger partial charge on any atom is -0.377 e. The van der Waals surface area contributed by atoms with E-state index in [0.29, 0.717) is 17.1 Å². The molecule has 0 radical (unpaired) electrons. The van der Waals surface area contributed by atoms with Crippen LogP contribution in [0.3, 0.4) is 0 Å². The fraction of sp³-hybridized carbons (Fsp3) is 0.500. The molecular formula is C20H25N3O3S2. The van der Waals surface area contributed by atoms with Crippen molar-refractivity contribution in [2.75, 3.05) is 25.0 Å². The lowest BCUT2D eigenvalue weighted by Gasteiger charge is -2.24. The second-order valence-electron chi connectivity index (χ2n) is 7.36. The van der Waals surface area contributed by atoms with Gasteiger partial charge in [-0.05, 0) is 49.1 Å². The number of ether oxygens (including phenoxy) is 1. The van der Waals surface area contributed by atoms with Gasteiger partial charge in [0.05, 0.1) is 18.2 Å². The molecule has 6 nitrogen and oxygen atoms in total. The van der Waals surface area contributed by atoms with Gasteiger partial charge in [0.1, 0.15) is 5.00 Å². The van der Waals surface area contributed by atoms with Crippen molar-refractivity contribution in [1.29, 1.82) is 0 Å². The van der Waals surface area contributed by atoms with Crippen molar-refractivity contribution >= 4 is 39.5 Å². The third kappa shape index (κ3) is 4.46. The highest BCUT2D eigenvalue weighted by Gasteiger charge is 2.27. The number of amides is 2. The lowest BCUT2D eigenvalue weighted by atomic mass is 10.1. The molecule has 1 atom stereocenters. The molecule has 0 bridgehead atoms. The monoisotopic (exact) mass is 419 g/mol. The van der Waals surface area contributed by atoms with Gasteiger partial charge in [-0.2, -0.15) is 0 Å². The largest absolute Gasteiger partial charge is 0.377 e. The Kier molecular flexibility index (Phi) is 6.10. The number of carbonyl (C=O) groups excluding carboxylic acids is 2. The van der Waals surface area contributed by atoms with Gasteiger partial charge < -0.3 is 15.8 Å². The Bertz CT molecular complexity index is 841. The summed E-state index contributed by atoms with van der Waals surface area (Å²) in [5, 5.41) is 5.61. The topological polar surface area (TPSA) is 84.7 Å². The summed E-state index contributed by atoms with van der Waals surface area (Å²) in [6, 6.07) is 4.11. The zero-order valence-electron chi connectivity index (χ0n) is 15.7. The van der Waals surface area contributed by atoms with Crippen molar-refractivity contribution in [2.45, 2.75) is 44.8 Å². The number of rotatable bonds is 8. The number of nitrogens with two attached hydrogens (primary N) is 1. The number of hydrogen-bond acceptors (Lipinski definition) is 6. The Labute approximate surface area is 172 Å². The van der Waals surface area contributed by atoms with Crippen LogP contribution in [0.1, 0.15) is 44.9 Å². The molecule has 2 amide bonds. The van der Waals surface area contributed by atoms with Crippen LogP contribution < -0.4 is 11.1 Å². The number of fused-ring (bicyclic) bond motifs is 1. The van der Waals surface area contributed by atoms with Crippen LogP contribution >= 0.6 is 22.7 Å². The quantitative estimate of drug-likeness (QED) is 0.689. The first-order chi connectivity index (χ1) is 13.6. The summed E-state index contributed by atoms with van der Waals surface area (Å²) in [5.41, 5.74) is 7.14. The zero-order chi connectivity index (χ0) is 19.5. The minimum absolute atomic E-state index is 0.114. The fourth-order valence-corrected chi connectivity index (χ4v) is 6.06. The number of thiophene rings is 2. The predicted molar refractivity (Wildman–Crippen MR) is 112 cm³/mol. The maximum absolute atomic E-state index is 12.8. The van der Waals surface area contributed by atoms with Crippen LogP contribution in [0.2, 0.25) is 0 Å². The number of nitrogens with one attached hydrogen (secondary N) is 1. The Morgan fingerprint density at radius 3 is 2.93 bits per heavy atom. The van der Waals surface area contributed by atoms with Gasteiger partial charge >= 0.3 is 0 Å². The molecule has 1 aliphatic carbocycles. The molecule has 2 aromatic rings. The van der Waals surface area contributed by atoms with Gasteiger partial charge in [-0.25, -0.2) is 0 Å². The highest BCUT2D eigenvalue weighted by Crippen LogP contribution is 2.38. The Hall–Kier alpha value is -1.74. The molecule has 3 N–H and O–H groups in total. The van der Waals surface area contributed by atoms with Crippen LogP contribution in [0.15, 0.2) is 17.5 Å². The number of primary amides is 1. The predicted octanol–water partition coefficient (Wildman–Crippen LogP) is 3.02. The molecule has 3 heterocycles. The molecule has 4 rings (SSSR count). The van der Waals surface area contributed by atoms with E-state index < -0.39 is 5.91 Å². The summed E-state index contributed by atoms with van der Waals surface area (Å²) in [6.07, 6.45) is 5.16. The Morgan fingerprint density at radius 2 is 2.21 bits per heavy atom. The van der Waals surface area contributed by atoms with Gasteiger partial charge in [0, 0.05) is 29.5 Å². The molecule has 1 fully saturated rings. The summed E-state index contributed by atoms with van der Waals surface area (Å²) in [6.45, 7) is 2.51. The molecule has 0 aromatic carbocycles. The van der Waals surface area contributed by atoms with Gasteiger partial charge in [-0.15, -0.1) is 22.7 Å². The van der Waals surface area contributed by atoms with Crippen LogP contribution in [0.25, 0.3) is 0 Å². The van der Waals surface area contributed by atoms with E-state index >= 15 is 0 Å². The normalized spacial score (nSPS) is 18.5. The molecule has 150 valence electrons. The van der Waals surface area contributed by atoms with Gasteiger partial charge in [-0.3, -0.25) is 14.5 Å². The summed E-state index contributed by atoms with van der Waals surface area (Å²) in [4.78, 5) is 29.3. The highest BCUT2D eigenvalue weighted by molar-refractivity contribution is 7.17. The lowest BCUT2D eigenvalue weighted by Crippen LogP contribution is -2.37. The zero-order valence-corrected chi connectivity index (χ0v) is 17.4. The third-order valence-corrected chi connectivity index (χ3v) is 7.30. The number of nitrogens with zero attached hydrogens (tertiary/aromatic N) is 1. The summed E-state index contributed by atoms with van der Waals surface area (Å²) in [7, 11) is 0. The number of aryl methyl sites for hydroxylation is 1.